The van der Waals surface area contributed by atoms with Gasteiger partial charge in [-0.15, -0.1) is 0 Å². The van der Waals surface area contributed by atoms with Crippen molar-refractivity contribution in [2.24, 2.45) is 0 Å². The highest BCUT2D eigenvalue weighted by atomic mass is 16.2. The Morgan fingerprint density at radius 3 is 2.79 bits per heavy atom. The number of hydrogen-bond acceptors (Lipinski definition) is 3. The molecule has 2 heterocycles. The lowest BCUT2D eigenvalue weighted by Gasteiger charge is -2.12. The maximum absolute atomic E-state index is 12.1. The van der Waals surface area contributed by atoms with Crippen LogP contribution in [0.4, 0.5) is 0 Å². The maximum atomic E-state index is 12.1. The smallest absolute Gasteiger partial charge is 0.270 e. The predicted octanol–water partition coefficient (Wildman–Crippen LogP) is 1.61. The zero-order valence-electron chi connectivity index (χ0n) is 11.5. The van der Waals surface area contributed by atoms with E-state index < -0.39 is 0 Å². The Kier molecular flexibility index (Phi) is 3.99. The first-order valence-corrected chi connectivity index (χ1v) is 6.51. The van der Waals surface area contributed by atoms with E-state index in [-0.39, 0.29) is 11.9 Å². The SMILES string of the molecule is CCn1ccc(C(C)NC(=O)c2ccnn2CC)n1. The van der Waals surface area contributed by atoms with Crippen LogP contribution in [0.5, 0.6) is 0 Å². The second-order valence-corrected chi connectivity index (χ2v) is 4.32. The van der Waals surface area contributed by atoms with E-state index in [9.17, 15) is 4.79 Å². The van der Waals surface area contributed by atoms with Gasteiger partial charge in [0.25, 0.3) is 5.91 Å². The van der Waals surface area contributed by atoms with E-state index in [1.165, 1.54) is 0 Å². The molecular weight excluding hydrogens is 242 g/mol. The Hall–Kier alpha value is -2.11. The number of nitrogens with zero attached hydrogens (tertiary/aromatic N) is 4. The van der Waals surface area contributed by atoms with Crippen LogP contribution in [0, 0.1) is 0 Å². The molecular formula is C13H19N5O. The number of carbonyl (C=O) groups is 1. The highest BCUT2D eigenvalue weighted by Gasteiger charge is 2.16. The molecule has 0 aromatic carbocycles. The molecule has 0 bridgehead atoms. The minimum Gasteiger partial charge on any atom is -0.343 e. The predicted molar refractivity (Wildman–Crippen MR) is 71.7 cm³/mol. The van der Waals surface area contributed by atoms with Gasteiger partial charge in [-0.1, -0.05) is 0 Å². The first-order chi connectivity index (χ1) is 9.15. The Morgan fingerprint density at radius 2 is 2.16 bits per heavy atom. The lowest BCUT2D eigenvalue weighted by Crippen LogP contribution is -2.29. The molecule has 6 nitrogen and oxygen atoms in total. The zero-order valence-corrected chi connectivity index (χ0v) is 11.5. The molecule has 0 radical (unpaired) electrons. The molecule has 0 saturated heterocycles. The first kappa shape index (κ1) is 13.3. The molecule has 0 spiro atoms. The monoisotopic (exact) mass is 261 g/mol. The van der Waals surface area contributed by atoms with Crippen molar-refractivity contribution >= 4 is 5.91 Å². The Bertz CT molecular complexity index is 557. The molecule has 2 aromatic heterocycles. The summed E-state index contributed by atoms with van der Waals surface area (Å²) in [7, 11) is 0. The fourth-order valence-electron chi connectivity index (χ4n) is 1.91. The number of rotatable bonds is 5. The van der Waals surface area contributed by atoms with Gasteiger partial charge in [-0.2, -0.15) is 10.2 Å². The summed E-state index contributed by atoms with van der Waals surface area (Å²) >= 11 is 0. The largest absolute Gasteiger partial charge is 0.343 e. The molecule has 1 N–H and O–H groups in total. The van der Waals surface area contributed by atoms with Crippen molar-refractivity contribution in [3.8, 4) is 0 Å². The van der Waals surface area contributed by atoms with Crippen LogP contribution in [0.25, 0.3) is 0 Å². The van der Waals surface area contributed by atoms with Gasteiger partial charge < -0.3 is 5.32 Å². The molecule has 0 aliphatic rings. The molecule has 0 aliphatic heterocycles. The minimum absolute atomic E-state index is 0.125. The van der Waals surface area contributed by atoms with Crippen molar-refractivity contribution in [1.82, 2.24) is 24.9 Å². The molecule has 102 valence electrons. The van der Waals surface area contributed by atoms with Crippen LogP contribution in [0.1, 0.15) is 43.0 Å². The van der Waals surface area contributed by atoms with E-state index in [1.54, 1.807) is 16.9 Å². The van der Waals surface area contributed by atoms with Crippen LogP contribution in [0.3, 0.4) is 0 Å². The number of carbonyl (C=O) groups excluding carboxylic acids is 1. The van der Waals surface area contributed by atoms with Crippen LogP contribution < -0.4 is 5.32 Å². The van der Waals surface area contributed by atoms with E-state index in [2.05, 4.69) is 15.5 Å². The molecule has 0 saturated carbocycles. The summed E-state index contributed by atoms with van der Waals surface area (Å²) in [5.74, 6) is -0.127. The lowest BCUT2D eigenvalue weighted by atomic mass is 10.2. The first-order valence-electron chi connectivity index (χ1n) is 6.51. The van der Waals surface area contributed by atoms with E-state index >= 15 is 0 Å². The molecule has 1 atom stereocenters. The van der Waals surface area contributed by atoms with Crippen LogP contribution >= 0.6 is 0 Å². The normalized spacial score (nSPS) is 12.4. The number of aryl methyl sites for hydroxylation is 2. The van der Waals surface area contributed by atoms with Gasteiger partial charge in [0, 0.05) is 25.5 Å². The Labute approximate surface area is 112 Å². The fraction of sp³-hybridized carbons (Fsp3) is 0.462. The third-order valence-corrected chi connectivity index (χ3v) is 3.03. The van der Waals surface area contributed by atoms with Crippen LogP contribution in [-0.2, 0) is 13.1 Å². The molecule has 2 rings (SSSR count). The van der Waals surface area contributed by atoms with Gasteiger partial charge in [-0.3, -0.25) is 14.2 Å². The van der Waals surface area contributed by atoms with Gasteiger partial charge in [0.2, 0.25) is 0 Å². The van der Waals surface area contributed by atoms with Gasteiger partial charge in [0.05, 0.1) is 11.7 Å². The standard InChI is InChI=1S/C13H19N5O/c1-4-17-9-7-11(16-17)10(3)15-13(19)12-6-8-14-18(12)5-2/h6-10H,4-5H2,1-3H3,(H,15,19). The average molecular weight is 261 g/mol. The summed E-state index contributed by atoms with van der Waals surface area (Å²) in [6.07, 6.45) is 3.54. The second-order valence-electron chi connectivity index (χ2n) is 4.32. The van der Waals surface area contributed by atoms with Gasteiger partial charge >= 0.3 is 0 Å². The topological polar surface area (TPSA) is 64.7 Å². The molecule has 6 heteroatoms. The molecule has 1 amide bonds. The number of nitrogens with one attached hydrogen (secondary N) is 1. The van der Waals surface area contributed by atoms with Crippen molar-refractivity contribution in [1.29, 1.82) is 0 Å². The van der Waals surface area contributed by atoms with Gasteiger partial charge in [-0.05, 0) is 32.9 Å². The molecule has 0 aliphatic carbocycles. The summed E-state index contributed by atoms with van der Waals surface area (Å²) in [6, 6.07) is 3.52. The minimum atomic E-state index is -0.127. The van der Waals surface area contributed by atoms with Crippen molar-refractivity contribution in [3.63, 3.8) is 0 Å². The fourth-order valence-corrected chi connectivity index (χ4v) is 1.91. The van der Waals surface area contributed by atoms with Crippen molar-refractivity contribution < 1.29 is 4.79 Å². The Balaban J connectivity index is 2.06. The number of aromatic nitrogens is 4. The summed E-state index contributed by atoms with van der Waals surface area (Å²) in [5.41, 5.74) is 1.43. The van der Waals surface area contributed by atoms with Crippen molar-refractivity contribution in [2.75, 3.05) is 0 Å². The highest BCUT2D eigenvalue weighted by molar-refractivity contribution is 5.92. The molecule has 1 unspecified atom stereocenters. The summed E-state index contributed by atoms with van der Waals surface area (Å²) < 4.78 is 3.51. The average Bonchev–Trinajstić information content (AvgIpc) is 3.07. The highest BCUT2D eigenvalue weighted by Crippen LogP contribution is 2.10. The molecule has 0 fully saturated rings. The van der Waals surface area contributed by atoms with E-state index in [1.807, 2.05) is 37.7 Å². The summed E-state index contributed by atoms with van der Waals surface area (Å²) in [5, 5.41) is 11.4. The van der Waals surface area contributed by atoms with E-state index in [0.29, 0.717) is 12.2 Å². The third kappa shape index (κ3) is 2.83. The number of hydrogen-bond donors (Lipinski definition) is 1. The summed E-state index contributed by atoms with van der Waals surface area (Å²) in [6.45, 7) is 7.40. The molecule has 2 aromatic rings. The van der Waals surface area contributed by atoms with Gasteiger partial charge in [-0.25, -0.2) is 0 Å². The third-order valence-electron chi connectivity index (χ3n) is 3.03. The number of amides is 1. The second kappa shape index (κ2) is 5.69. The van der Waals surface area contributed by atoms with Crippen LogP contribution in [-0.4, -0.2) is 25.5 Å². The van der Waals surface area contributed by atoms with E-state index in [4.69, 9.17) is 0 Å². The Morgan fingerprint density at radius 1 is 1.37 bits per heavy atom. The van der Waals surface area contributed by atoms with Gasteiger partial charge in [0.1, 0.15) is 5.69 Å². The van der Waals surface area contributed by atoms with Gasteiger partial charge in [0.15, 0.2) is 0 Å². The van der Waals surface area contributed by atoms with Crippen molar-refractivity contribution in [2.45, 2.75) is 39.9 Å². The molecule has 19 heavy (non-hydrogen) atoms. The quantitative estimate of drug-likeness (QED) is 0.889. The lowest BCUT2D eigenvalue weighted by molar-refractivity contribution is 0.0928. The maximum Gasteiger partial charge on any atom is 0.270 e. The van der Waals surface area contributed by atoms with Crippen LogP contribution in [0.2, 0.25) is 0 Å². The summed E-state index contributed by atoms with van der Waals surface area (Å²) in [4.78, 5) is 12.1. The van der Waals surface area contributed by atoms with E-state index in [0.717, 1.165) is 12.2 Å². The zero-order chi connectivity index (χ0) is 13.8. The van der Waals surface area contributed by atoms with Crippen molar-refractivity contribution in [3.05, 3.63) is 35.9 Å². The van der Waals surface area contributed by atoms with Crippen LogP contribution in [0.15, 0.2) is 24.5 Å².